The summed E-state index contributed by atoms with van der Waals surface area (Å²) >= 11 is 0. The van der Waals surface area contributed by atoms with Crippen molar-refractivity contribution in [3.05, 3.63) is 0 Å². The first kappa shape index (κ1) is 26.0. The Morgan fingerprint density at radius 3 is 1.57 bits per heavy atom. The maximum absolute atomic E-state index is 12.7. The molecule has 0 spiro atoms. The van der Waals surface area contributed by atoms with E-state index in [0.717, 1.165) is 19.3 Å². The summed E-state index contributed by atoms with van der Waals surface area (Å²) in [6, 6.07) is 0. The van der Waals surface area contributed by atoms with Crippen molar-refractivity contribution in [3.63, 3.8) is 0 Å². The Kier molecular flexibility index (Phi) is 14.9. The quantitative estimate of drug-likeness (QED) is 0.158. The molecule has 0 N–H and O–H groups in total. The Hall–Kier alpha value is -1.96. The average molecular weight is 402 g/mol. The molecule has 0 aliphatic carbocycles. The summed E-state index contributed by atoms with van der Waals surface area (Å²) in [7, 11) is 0. The van der Waals surface area contributed by atoms with Crippen LogP contribution in [0.3, 0.4) is 0 Å². The number of esters is 3. The third kappa shape index (κ3) is 11.0. The highest BCUT2D eigenvalue weighted by molar-refractivity contribution is 5.90. The molecule has 0 atom stereocenters. The number of aldehydes is 1. The second-order valence-corrected chi connectivity index (χ2v) is 6.46. The van der Waals surface area contributed by atoms with Crippen LogP contribution in [0.1, 0.15) is 72.1 Å². The molecule has 0 saturated carbocycles. The first-order valence-electron chi connectivity index (χ1n) is 10.0. The molecule has 0 unspecified atom stereocenters. The maximum atomic E-state index is 12.7. The van der Waals surface area contributed by atoms with Crippen LogP contribution in [0.4, 0.5) is 0 Å². The number of carbonyl (C=O) groups excluding carboxylic acids is 4. The van der Waals surface area contributed by atoms with Gasteiger partial charge in [0.15, 0.2) is 5.60 Å². The summed E-state index contributed by atoms with van der Waals surface area (Å²) in [5.74, 6) is -2.27. The van der Waals surface area contributed by atoms with Gasteiger partial charge in [0.05, 0.1) is 32.7 Å². The molecular weight excluding hydrogens is 368 g/mol. The van der Waals surface area contributed by atoms with Gasteiger partial charge in [-0.1, -0.05) is 40.0 Å². The molecule has 8 nitrogen and oxygen atoms in total. The first-order valence-corrected chi connectivity index (χ1v) is 10.0. The van der Waals surface area contributed by atoms with Gasteiger partial charge in [0.2, 0.25) is 0 Å². The lowest BCUT2D eigenvalue weighted by Gasteiger charge is -2.29. The number of hydrogen-bond acceptors (Lipinski definition) is 8. The lowest BCUT2D eigenvalue weighted by molar-refractivity contribution is -0.185. The Morgan fingerprint density at radius 2 is 1.18 bits per heavy atom. The van der Waals surface area contributed by atoms with Crippen LogP contribution in [-0.4, -0.2) is 56.2 Å². The molecule has 0 aliphatic rings. The van der Waals surface area contributed by atoms with Gasteiger partial charge in [0.1, 0.15) is 12.9 Å². The third-order valence-corrected chi connectivity index (χ3v) is 3.91. The number of hydrogen-bond donors (Lipinski definition) is 0. The average Bonchev–Trinajstić information content (AvgIpc) is 2.66. The van der Waals surface area contributed by atoms with E-state index < -0.39 is 43.0 Å². The molecule has 0 heterocycles. The van der Waals surface area contributed by atoms with Gasteiger partial charge in [-0.15, -0.1) is 0 Å². The molecule has 0 radical (unpaired) electrons. The summed E-state index contributed by atoms with van der Waals surface area (Å²) < 4.78 is 20.8. The van der Waals surface area contributed by atoms with E-state index in [9.17, 15) is 19.2 Å². The zero-order valence-corrected chi connectivity index (χ0v) is 17.3. The van der Waals surface area contributed by atoms with Crippen molar-refractivity contribution in [2.24, 2.45) is 0 Å². The summed E-state index contributed by atoms with van der Waals surface area (Å²) in [5.41, 5.74) is -1.94. The fraction of sp³-hybridized carbons (Fsp3) is 0.800. The summed E-state index contributed by atoms with van der Waals surface area (Å²) in [5, 5.41) is 0. The van der Waals surface area contributed by atoms with Gasteiger partial charge in [-0.05, 0) is 19.3 Å². The Labute approximate surface area is 167 Å². The predicted molar refractivity (Wildman–Crippen MR) is 102 cm³/mol. The minimum atomic E-state index is -1.94. The zero-order valence-electron chi connectivity index (χ0n) is 17.3. The molecule has 0 bridgehead atoms. The lowest BCUT2D eigenvalue weighted by atomic mass is 9.95. The van der Waals surface area contributed by atoms with E-state index in [1.807, 2.05) is 20.8 Å². The van der Waals surface area contributed by atoms with E-state index in [1.165, 1.54) is 0 Å². The fourth-order valence-electron chi connectivity index (χ4n) is 2.23. The highest BCUT2D eigenvalue weighted by Crippen LogP contribution is 2.25. The Morgan fingerprint density at radius 1 is 0.750 bits per heavy atom. The summed E-state index contributed by atoms with van der Waals surface area (Å²) in [4.78, 5) is 48.0. The number of ether oxygens (including phenoxy) is 4. The van der Waals surface area contributed by atoms with E-state index in [1.54, 1.807) is 0 Å². The normalized spacial score (nSPS) is 11.0. The molecule has 0 fully saturated rings. The van der Waals surface area contributed by atoms with Gasteiger partial charge < -0.3 is 23.7 Å². The van der Waals surface area contributed by atoms with Crippen molar-refractivity contribution in [1.29, 1.82) is 0 Å². The van der Waals surface area contributed by atoms with E-state index in [4.69, 9.17) is 18.9 Å². The topological polar surface area (TPSA) is 105 Å². The molecule has 0 aliphatic heterocycles. The van der Waals surface area contributed by atoms with Gasteiger partial charge in [0.25, 0.3) is 0 Å². The van der Waals surface area contributed by atoms with Crippen LogP contribution in [0.5, 0.6) is 0 Å². The molecule has 162 valence electrons. The highest BCUT2D eigenvalue weighted by Gasteiger charge is 2.46. The molecule has 0 aromatic carbocycles. The minimum absolute atomic E-state index is 0.122. The molecular formula is C20H34O8. The molecule has 0 saturated heterocycles. The van der Waals surface area contributed by atoms with Crippen molar-refractivity contribution in [3.8, 4) is 0 Å². The smallest absolute Gasteiger partial charge is 0.339 e. The van der Waals surface area contributed by atoms with Gasteiger partial charge in [-0.25, -0.2) is 4.79 Å². The van der Waals surface area contributed by atoms with Crippen LogP contribution in [0, 0.1) is 0 Å². The Bertz CT molecular complexity index is 451. The SMILES string of the molecule is CCCCOC(=O)CC(CC(=O)OCCCC)(OCC=O)C(=O)OCCCC. The van der Waals surface area contributed by atoms with Gasteiger partial charge in [-0.3, -0.25) is 9.59 Å². The predicted octanol–water partition coefficient (Wildman–Crippen LogP) is 2.75. The van der Waals surface area contributed by atoms with E-state index in [0.29, 0.717) is 25.5 Å². The lowest BCUT2D eigenvalue weighted by Crippen LogP contribution is -2.48. The van der Waals surface area contributed by atoms with Gasteiger partial charge in [-0.2, -0.15) is 0 Å². The highest BCUT2D eigenvalue weighted by atomic mass is 16.6. The van der Waals surface area contributed by atoms with E-state index >= 15 is 0 Å². The van der Waals surface area contributed by atoms with Crippen molar-refractivity contribution >= 4 is 24.2 Å². The van der Waals surface area contributed by atoms with Crippen LogP contribution >= 0.6 is 0 Å². The van der Waals surface area contributed by atoms with Crippen LogP contribution in [0.25, 0.3) is 0 Å². The number of rotatable bonds is 17. The number of carbonyl (C=O) groups is 4. The van der Waals surface area contributed by atoms with Crippen LogP contribution in [0.2, 0.25) is 0 Å². The molecule has 0 rings (SSSR count). The maximum Gasteiger partial charge on any atom is 0.339 e. The van der Waals surface area contributed by atoms with Crippen molar-refractivity contribution in [2.45, 2.75) is 77.7 Å². The zero-order chi connectivity index (χ0) is 21.3. The largest absolute Gasteiger partial charge is 0.466 e. The van der Waals surface area contributed by atoms with E-state index in [-0.39, 0.29) is 19.8 Å². The van der Waals surface area contributed by atoms with Crippen LogP contribution < -0.4 is 0 Å². The standard InChI is InChI=1S/C20H34O8/c1-4-7-11-25-17(22)15-20(28-14-10-21,19(24)27-13-9-6-3)16-18(23)26-12-8-5-2/h10H,4-9,11-16H2,1-3H3. The molecule has 0 amide bonds. The second kappa shape index (κ2) is 16.0. The molecule has 0 aromatic rings. The molecule has 8 heteroatoms. The molecule has 28 heavy (non-hydrogen) atoms. The number of unbranched alkanes of at least 4 members (excludes halogenated alkanes) is 3. The van der Waals surface area contributed by atoms with Crippen LogP contribution in [-0.2, 0) is 38.1 Å². The summed E-state index contributed by atoms with van der Waals surface area (Å²) in [6.07, 6.45) is 3.83. The third-order valence-electron chi connectivity index (χ3n) is 3.91. The monoisotopic (exact) mass is 402 g/mol. The second-order valence-electron chi connectivity index (χ2n) is 6.46. The van der Waals surface area contributed by atoms with Crippen LogP contribution in [0.15, 0.2) is 0 Å². The minimum Gasteiger partial charge on any atom is -0.466 e. The van der Waals surface area contributed by atoms with Gasteiger partial charge in [0, 0.05) is 0 Å². The first-order chi connectivity index (χ1) is 13.5. The molecule has 0 aromatic heterocycles. The Balaban J connectivity index is 5.34. The summed E-state index contributed by atoms with van der Waals surface area (Å²) in [6.45, 7) is 5.88. The van der Waals surface area contributed by atoms with Crippen molar-refractivity contribution in [1.82, 2.24) is 0 Å². The van der Waals surface area contributed by atoms with Crippen molar-refractivity contribution < 1.29 is 38.1 Å². The van der Waals surface area contributed by atoms with E-state index in [2.05, 4.69) is 0 Å². The fourth-order valence-corrected chi connectivity index (χ4v) is 2.23. The van der Waals surface area contributed by atoms with Crippen molar-refractivity contribution in [2.75, 3.05) is 26.4 Å². The van der Waals surface area contributed by atoms with Gasteiger partial charge >= 0.3 is 17.9 Å².